The highest BCUT2D eigenvalue weighted by Gasteiger charge is 2.33. The number of amides is 2. The number of hydrogen-bond acceptors (Lipinski definition) is 5. The largest absolute Gasteiger partial charge is 0.417 e. The summed E-state index contributed by atoms with van der Waals surface area (Å²) in [7, 11) is 0. The summed E-state index contributed by atoms with van der Waals surface area (Å²) in [5.41, 5.74) is 1.43. The summed E-state index contributed by atoms with van der Waals surface area (Å²) >= 11 is 5.57. The Morgan fingerprint density at radius 1 is 1.12 bits per heavy atom. The van der Waals surface area contributed by atoms with Crippen LogP contribution in [0.15, 0.2) is 55.1 Å². The highest BCUT2D eigenvalue weighted by Crippen LogP contribution is 2.36. The van der Waals surface area contributed by atoms with Crippen molar-refractivity contribution in [2.45, 2.75) is 13.1 Å². The summed E-state index contributed by atoms with van der Waals surface area (Å²) in [6.07, 6.45) is -1.69. The fraction of sp³-hybridized carbons (Fsp3) is 0.100. The number of aromatic nitrogens is 4. The zero-order valence-corrected chi connectivity index (χ0v) is 17.1. The third kappa shape index (κ3) is 4.07. The molecule has 0 unspecified atom stereocenters. The molecule has 0 fully saturated rings. The molecule has 0 atom stereocenters. The van der Waals surface area contributed by atoms with Crippen LogP contribution in [-0.2, 0) is 6.18 Å². The van der Waals surface area contributed by atoms with Crippen LogP contribution < -0.4 is 10.4 Å². The van der Waals surface area contributed by atoms with Crippen LogP contribution >= 0.6 is 11.6 Å². The molecule has 0 saturated heterocycles. The minimum atomic E-state index is -4.69. The molecule has 4 aromatic rings. The van der Waals surface area contributed by atoms with Crippen molar-refractivity contribution in [3.8, 4) is 5.69 Å². The maximum Gasteiger partial charge on any atom is 0.417 e. The molecule has 2 aromatic carbocycles. The van der Waals surface area contributed by atoms with Crippen LogP contribution in [0.2, 0.25) is 5.02 Å². The maximum absolute atomic E-state index is 13.0. The first-order chi connectivity index (χ1) is 15.1. The van der Waals surface area contributed by atoms with Crippen LogP contribution in [0.1, 0.15) is 11.3 Å². The number of urea groups is 1. The lowest BCUT2D eigenvalue weighted by atomic mass is 10.2. The number of imidazole rings is 1. The number of nitrogens with one attached hydrogen (secondary N) is 1. The van der Waals surface area contributed by atoms with Crippen LogP contribution in [0.3, 0.4) is 0 Å². The van der Waals surface area contributed by atoms with Gasteiger partial charge in [-0.15, -0.1) is 0 Å². The van der Waals surface area contributed by atoms with Crippen molar-refractivity contribution in [2.75, 3.05) is 10.4 Å². The molecule has 164 valence electrons. The first-order valence-corrected chi connectivity index (χ1v) is 9.45. The van der Waals surface area contributed by atoms with E-state index in [2.05, 4.69) is 20.3 Å². The summed E-state index contributed by atoms with van der Waals surface area (Å²) in [6, 6.07) is 7.99. The number of carbonyl (C=O) groups is 1. The Bertz CT molecular complexity index is 1310. The second kappa shape index (κ2) is 8.09. The third-order valence-corrected chi connectivity index (χ3v) is 4.93. The van der Waals surface area contributed by atoms with Gasteiger partial charge in [-0.1, -0.05) is 11.6 Å². The van der Waals surface area contributed by atoms with E-state index in [1.807, 2.05) is 6.92 Å². The van der Waals surface area contributed by atoms with E-state index in [4.69, 9.17) is 11.6 Å². The molecule has 0 spiro atoms. The normalized spacial score (nSPS) is 11.6. The van der Waals surface area contributed by atoms with Crippen LogP contribution in [-0.4, -0.2) is 30.8 Å². The van der Waals surface area contributed by atoms with Crippen molar-refractivity contribution >= 4 is 40.2 Å². The van der Waals surface area contributed by atoms with Gasteiger partial charge in [-0.25, -0.2) is 19.7 Å². The molecule has 2 heterocycles. The molecule has 0 aliphatic rings. The molecular weight excluding hydrogens is 449 g/mol. The van der Waals surface area contributed by atoms with E-state index < -0.39 is 22.8 Å². The van der Waals surface area contributed by atoms with Gasteiger partial charge in [0.05, 0.1) is 22.0 Å². The molecular formula is C20H14ClF3N6O2. The van der Waals surface area contributed by atoms with E-state index in [9.17, 15) is 23.2 Å². The van der Waals surface area contributed by atoms with Crippen molar-refractivity contribution in [3.63, 3.8) is 0 Å². The lowest BCUT2D eigenvalue weighted by molar-refractivity contribution is -0.137. The summed E-state index contributed by atoms with van der Waals surface area (Å²) in [6.45, 7) is 1.81. The number of rotatable bonds is 3. The number of carbonyl (C=O) groups excluding carboxylic acids is 1. The lowest BCUT2D eigenvalue weighted by Gasteiger charge is -2.17. The van der Waals surface area contributed by atoms with Gasteiger partial charge in [-0.3, -0.25) is 9.77 Å². The third-order valence-electron chi connectivity index (χ3n) is 4.60. The lowest BCUT2D eigenvalue weighted by Crippen LogP contribution is -2.31. The fourth-order valence-corrected chi connectivity index (χ4v) is 3.23. The van der Waals surface area contributed by atoms with Crippen molar-refractivity contribution in [2.24, 2.45) is 0 Å². The van der Waals surface area contributed by atoms with Crippen molar-refractivity contribution < 1.29 is 23.2 Å². The monoisotopic (exact) mass is 462 g/mol. The highest BCUT2D eigenvalue weighted by atomic mass is 35.5. The van der Waals surface area contributed by atoms with Crippen LogP contribution in [0.4, 0.5) is 29.3 Å². The summed E-state index contributed by atoms with van der Waals surface area (Å²) in [4.78, 5) is 24.9. The molecule has 2 N–H and O–H groups in total. The smallest absolute Gasteiger partial charge is 0.306 e. The van der Waals surface area contributed by atoms with Crippen LogP contribution in [0, 0.1) is 6.92 Å². The second-order valence-electron chi connectivity index (χ2n) is 6.70. The second-order valence-corrected chi connectivity index (χ2v) is 7.10. The predicted molar refractivity (Wildman–Crippen MR) is 111 cm³/mol. The Balaban J connectivity index is 1.53. The van der Waals surface area contributed by atoms with Gasteiger partial charge in [0.1, 0.15) is 18.2 Å². The van der Waals surface area contributed by atoms with Crippen molar-refractivity contribution in [3.05, 3.63) is 71.4 Å². The Morgan fingerprint density at radius 2 is 1.84 bits per heavy atom. The number of benzene rings is 2. The summed E-state index contributed by atoms with van der Waals surface area (Å²) < 4.78 is 40.7. The van der Waals surface area contributed by atoms with Gasteiger partial charge in [-0.2, -0.15) is 18.2 Å². The first-order valence-electron chi connectivity index (χ1n) is 9.07. The van der Waals surface area contributed by atoms with Crippen LogP contribution in [0.5, 0.6) is 0 Å². The maximum atomic E-state index is 13.0. The molecule has 0 bridgehead atoms. The van der Waals surface area contributed by atoms with Gasteiger partial charge in [0.15, 0.2) is 5.65 Å². The molecule has 32 heavy (non-hydrogen) atoms. The topological polar surface area (TPSA) is 96.2 Å². The number of hydroxylamine groups is 1. The minimum Gasteiger partial charge on any atom is -0.306 e. The van der Waals surface area contributed by atoms with Gasteiger partial charge in [0, 0.05) is 11.4 Å². The molecule has 4 rings (SSSR count). The van der Waals surface area contributed by atoms with Crippen LogP contribution in [0.25, 0.3) is 16.9 Å². The Kier molecular flexibility index (Phi) is 5.45. The van der Waals surface area contributed by atoms with E-state index in [-0.39, 0.29) is 16.4 Å². The van der Waals surface area contributed by atoms with E-state index >= 15 is 0 Å². The summed E-state index contributed by atoms with van der Waals surface area (Å²) in [5.74, 6) is 0. The number of hydrogen-bond donors (Lipinski definition) is 2. The number of nitrogens with zero attached hydrogens (tertiary/aromatic N) is 5. The first kappa shape index (κ1) is 21.5. The predicted octanol–water partition coefficient (Wildman–Crippen LogP) is 5.22. The van der Waals surface area contributed by atoms with E-state index in [1.165, 1.54) is 24.5 Å². The number of alkyl halides is 3. The zero-order chi connectivity index (χ0) is 23.0. The van der Waals surface area contributed by atoms with Gasteiger partial charge < -0.3 is 5.32 Å². The Hall–Kier alpha value is -3.70. The average molecular weight is 463 g/mol. The molecule has 0 aliphatic carbocycles. The standard InChI is InChI=1S/C20H14ClF3N6O2/c1-11-17-18(26-9-25-11)29(10-27-17)13-3-5-14(6-4-13)30(32)19(31)28-12-2-7-16(21)15(8-12)20(22,23)24/h2-10,32H,1H3,(H,28,31). The molecule has 0 radical (unpaired) electrons. The van der Waals surface area contributed by atoms with Gasteiger partial charge >= 0.3 is 12.2 Å². The fourth-order valence-electron chi connectivity index (χ4n) is 3.01. The van der Waals surface area contributed by atoms with E-state index in [0.29, 0.717) is 22.9 Å². The van der Waals surface area contributed by atoms with Crippen molar-refractivity contribution in [1.82, 2.24) is 19.5 Å². The number of aryl methyl sites for hydroxylation is 1. The molecule has 0 saturated carbocycles. The number of anilines is 2. The van der Waals surface area contributed by atoms with Gasteiger partial charge in [0.25, 0.3) is 0 Å². The molecule has 2 aromatic heterocycles. The zero-order valence-electron chi connectivity index (χ0n) is 16.3. The molecule has 2 amide bonds. The quantitative estimate of drug-likeness (QED) is 0.321. The molecule has 8 nitrogen and oxygen atoms in total. The average Bonchev–Trinajstić information content (AvgIpc) is 3.19. The van der Waals surface area contributed by atoms with E-state index in [1.54, 1.807) is 23.0 Å². The van der Waals surface area contributed by atoms with Gasteiger partial charge in [-0.05, 0) is 49.4 Å². The molecule has 12 heteroatoms. The van der Waals surface area contributed by atoms with Gasteiger partial charge in [0.2, 0.25) is 0 Å². The number of halogens is 4. The Labute approximate surface area is 183 Å². The summed E-state index contributed by atoms with van der Waals surface area (Å²) in [5, 5.41) is 12.2. The number of fused-ring (bicyclic) bond motifs is 1. The molecule has 0 aliphatic heterocycles. The minimum absolute atomic E-state index is 0.0893. The highest BCUT2D eigenvalue weighted by molar-refractivity contribution is 6.31. The Morgan fingerprint density at radius 3 is 2.53 bits per heavy atom. The SMILES string of the molecule is Cc1ncnc2c1ncn2-c1ccc(N(O)C(=O)Nc2ccc(Cl)c(C(F)(F)F)c2)cc1. The van der Waals surface area contributed by atoms with E-state index in [0.717, 1.165) is 11.8 Å². The van der Waals surface area contributed by atoms with Crippen molar-refractivity contribution in [1.29, 1.82) is 0 Å².